The first-order chi connectivity index (χ1) is 12.4. The van der Waals surface area contributed by atoms with Crippen LogP contribution in [0.15, 0.2) is 24.3 Å². The highest BCUT2D eigenvalue weighted by Gasteiger charge is 2.36. The number of nitrogens with zero attached hydrogens (tertiary/aromatic N) is 2. The van der Waals surface area contributed by atoms with Crippen LogP contribution in [0.4, 0.5) is 0 Å². The lowest BCUT2D eigenvalue weighted by Crippen LogP contribution is -2.53. The summed E-state index contributed by atoms with van der Waals surface area (Å²) in [5.41, 5.74) is 1.01. The number of hydrogen-bond donors (Lipinski definition) is 1. The van der Waals surface area contributed by atoms with Crippen LogP contribution in [0.25, 0.3) is 0 Å². The number of benzene rings is 1. The summed E-state index contributed by atoms with van der Waals surface area (Å²) >= 11 is 6.13. The fourth-order valence-corrected chi connectivity index (χ4v) is 5.17. The second-order valence-electron chi connectivity index (χ2n) is 6.90. The molecule has 8 heteroatoms. The molecule has 0 radical (unpaired) electrons. The zero-order valence-electron chi connectivity index (χ0n) is 15.0. The van der Waals surface area contributed by atoms with Crippen LogP contribution in [0.1, 0.15) is 31.4 Å². The maximum atomic E-state index is 13.2. The van der Waals surface area contributed by atoms with Crippen molar-refractivity contribution in [3.8, 4) is 0 Å². The Labute approximate surface area is 160 Å². The van der Waals surface area contributed by atoms with Gasteiger partial charge in [-0.15, -0.1) is 0 Å². The van der Waals surface area contributed by atoms with Crippen molar-refractivity contribution in [1.29, 1.82) is 0 Å². The fourth-order valence-electron chi connectivity index (χ4n) is 3.79. The highest BCUT2D eigenvalue weighted by Crippen LogP contribution is 2.29. The molecule has 1 amide bonds. The van der Waals surface area contributed by atoms with Crippen molar-refractivity contribution in [1.82, 2.24) is 14.5 Å². The third-order valence-corrected chi connectivity index (χ3v) is 7.33. The molecule has 0 aliphatic carbocycles. The van der Waals surface area contributed by atoms with E-state index in [0.717, 1.165) is 24.9 Å². The first kappa shape index (κ1) is 19.6. The van der Waals surface area contributed by atoms with Gasteiger partial charge in [-0.25, -0.2) is 12.7 Å². The Morgan fingerprint density at radius 1 is 1.35 bits per heavy atom. The van der Waals surface area contributed by atoms with Crippen molar-refractivity contribution in [2.45, 2.75) is 25.8 Å². The molecular weight excluding hydrogens is 374 g/mol. The van der Waals surface area contributed by atoms with Crippen LogP contribution in [0.5, 0.6) is 0 Å². The van der Waals surface area contributed by atoms with E-state index >= 15 is 0 Å². The lowest BCUT2D eigenvalue weighted by molar-refractivity contribution is -0.140. The van der Waals surface area contributed by atoms with Crippen molar-refractivity contribution < 1.29 is 13.2 Å². The molecule has 0 saturated carbocycles. The molecule has 2 unspecified atom stereocenters. The van der Waals surface area contributed by atoms with Gasteiger partial charge in [0.15, 0.2) is 0 Å². The van der Waals surface area contributed by atoms with E-state index in [0.29, 0.717) is 31.2 Å². The lowest BCUT2D eigenvalue weighted by atomic mass is 9.95. The Kier molecular flexibility index (Phi) is 6.22. The van der Waals surface area contributed by atoms with E-state index < -0.39 is 10.0 Å². The maximum absolute atomic E-state index is 13.2. The average Bonchev–Trinajstić information content (AvgIpc) is 2.67. The molecule has 2 fully saturated rings. The molecule has 1 aromatic carbocycles. The summed E-state index contributed by atoms with van der Waals surface area (Å²) in [6, 6.07) is 7.52. The number of amides is 1. The van der Waals surface area contributed by atoms with Crippen molar-refractivity contribution in [3.63, 3.8) is 0 Å². The van der Waals surface area contributed by atoms with Gasteiger partial charge < -0.3 is 10.2 Å². The van der Waals surface area contributed by atoms with E-state index in [1.54, 1.807) is 6.92 Å². The largest absolute Gasteiger partial charge is 0.333 e. The molecule has 0 spiro atoms. The van der Waals surface area contributed by atoms with E-state index in [9.17, 15) is 13.2 Å². The molecule has 2 heterocycles. The van der Waals surface area contributed by atoms with Crippen molar-refractivity contribution in [3.05, 3.63) is 34.9 Å². The van der Waals surface area contributed by atoms with Crippen LogP contribution >= 0.6 is 11.6 Å². The number of halogens is 1. The standard InChI is InChI=1S/C18H26ClN3O3S/c1-2-26(24,25)21-9-4-6-15(13-21)18(23)22-10-8-20-12-17(22)14-5-3-7-16(19)11-14/h3,5,7,11,15,17,20H,2,4,6,8-10,12-13H2,1H3. The first-order valence-electron chi connectivity index (χ1n) is 9.17. The summed E-state index contributed by atoms with van der Waals surface area (Å²) in [5.74, 6) is -0.149. The normalized spacial score (nSPS) is 25.2. The summed E-state index contributed by atoms with van der Waals surface area (Å²) in [4.78, 5) is 15.1. The molecule has 0 bridgehead atoms. The highest BCUT2D eigenvalue weighted by atomic mass is 35.5. The quantitative estimate of drug-likeness (QED) is 0.839. The van der Waals surface area contributed by atoms with Gasteiger partial charge in [-0.05, 0) is 37.5 Å². The molecule has 3 rings (SSSR count). The number of sulfonamides is 1. The summed E-state index contributed by atoms with van der Waals surface area (Å²) in [7, 11) is -3.26. The second kappa shape index (κ2) is 8.25. The van der Waals surface area contributed by atoms with Crippen LogP contribution < -0.4 is 5.32 Å². The van der Waals surface area contributed by atoms with Gasteiger partial charge in [0.25, 0.3) is 0 Å². The van der Waals surface area contributed by atoms with E-state index in [1.807, 2.05) is 29.2 Å². The summed E-state index contributed by atoms with van der Waals surface area (Å²) in [5, 5.41) is 3.99. The maximum Gasteiger partial charge on any atom is 0.227 e. The fraction of sp³-hybridized carbons (Fsp3) is 0.611. The van der Waals surface area contributed by atoms with Gasteiger partial charge in [0.2, 0.25) is 15.9 Å². The summed E-state index contributed by atoms with van der Waals surface area (Å²) < 4.78 is 25.9. The minimum absolute atomic E-state index is 0.0486. The molecule has 144 valence electrons. The van der Waals surface area contributed by atoms with Gasteiger partial charge in [-0.3, -0.25) is 4.79 Å². The van der Waals surface area contributed by atoms with Gasteiger partial charge >= 0.3 is 0 Å². The van der Waals surface area contributed by atoms with Gasteiger partial charge in [-0.2, -0.15) is 0 Å². The van der Waals surface area contributed by atoms with Gasteiger partial charge in [0.1, 0.15) is 0 Å². The topological polar surface area (TPSA) is 69.7 Å². The molecule has 2 aliphatic heterocycles. The van der Waals surface area contributed by atoms with Gasteiger partial charge in [0.05, 0.1) is 17.7 Å². The zero-order valence-corrected chi connectivity index (χ0v) is 16.6. The molecule has 2 aliphatic rings. The number of carbonyl (C=O) groups is 1. The molecule has 1 aromatic rings. The lowest BCUT2D eigenvalue weighted by Gasteiger charge is -2.40. The van der Waals surface area contributed by atoms with Crippen LogP contribution in [-0.2, 0) is 14.8 Å². The minimum atomic E-state index is -3.26. The SMILES string of the molecule is CCS(=O)(=O)N1CCCC(C(=O)N2CCNCC2c2cccc(Cl)c2)C1. The number of carbonyl (C=O) groups excluding carboxylic acids is 1. The molecule has 1 N–H and O–H groups in total. The monoisotopic (exact) mass is 399 g/mol. The third-order valence-electron chi connectivity index (χ3n) is 5.25. The van der Waals surface area contributed by atoms with E-state index in [2.05, 4.69) is 5.32 Å². The average molecular weight is 400 g/mol. The van der Waals surface area contributed by atoms with Crippen LogP contribution in [0, 0.1) is 5.92 Å². The minimum Gasteiger partial charge on any atom is -0.333 e. The predicted octanol–water partition coefficient (Wildman–Crippen LogP) is 1.87. The summed E-state index contributed by atoms with van der Waals surface area (Å²) in [6.45, 7) is 4.49. The zero-order chi connectivity index (χ0) is 18.7. The predicted molar refractivity (Wildman–Crippen MR) is 103 cm³/mol. The third kappa shape index (κ3) is 4.22. The van der Waals surface area contributed by atoms with Gasteiger partial charge in [0, 0.05) is 37.7 Å². The number of rotatable bonds is 4. The van der Waals surface area contributed by atoms with Crippen LogP contribution in [-0.4, -0.2) is 62.0 Å². The van der Waals surface area contributed by atoms with Crippen LogP contribution in [0.3, 0.4) is 0 Å². The Morgan fingerprint density at radius 2 is 2.15 bits per heavy atom. The molecule has 2 saturated heterocycles. The number of hydrogen-bond acceptors (Lipinski definition) is 4. The van der Waals surface area contributed by atoms with E-state index in [1.165, 1.54) is 4.31 Å². The molecule has 0 aromatic heterocycles. The molecular formula is C18H26ClN3O3S. The Balaban J connectivity index is 1.78. The number of piperazine rings is 1. The summed E-state index contributed by atoms with van der Waals surface area (Å²) in [6.07, 6.45) is 1.46. The van der Waals surface area contributed by atoms with Gasteiger partial charge in [-0.1, -0.05) is 23.7 Å². The van der Waals surface area contributed by atoms with Crippen LogP contribution in [0.2, 0.25) is 5.02 Å². The highest BCUT2D eigenvalue weighted by molar-refractivity contribution is 7.89. The molecule has 6 nitrogen and oxygen atoms in total. The number of nitrogens with one attached hydrogen (secondary N) is 1. The van der Waals surface area contributed by atoms with Crippen molar-refractivity contribution in [2.75, 3.05) is 38.5 Å². The van der Waals surface area contributed by atoms with Crippen molar-refractivity contribution in [2.24, 2.45) is 5.92 Å². The molecule has 26 heavy (non-hydrogen) atoms. The van der Waals surface area contributed by atoms with E-state index in [-0.39, 0.29) is 23.6 Å². The van der Waals surface area contributed by atoms with Crippen molar-refractivity contribution >= 4 is 27.5 Å². The van der Waals surface area contributed by atoms with E-state index in [4.69, 9.17) is 11.6 Å². The molecule has 2 atom stereocenters. The Morgan fingerprint density at radius 3 is 2.88 bits per heavy atom. The second-order valence-corrected chi connectivity index (χ2v) is 9.60. The number of piperidine rings is 1. The smallest absolute Gasteiger partial charge is 0.227 e. The first-order valence-corrected chi connectivity index (χ1v) is 11.2. The Hall–Kier alpha value is -1.15. The Bertz CT molecular complexity index is 756.